The van der Waals surface area contributed by atoms with E-state index in [4.69, 9.17) is 20.5 Å². The van der Waals surface area contributed by atoms with Crippen LogP contribution in [0.1, 0.15) is 11.1 Å². The molecule has 4 heteroatoms. The minimum atomic E-state index is 0.371. The van der Waals surface area contributed by atoms with Gasteiger partial charge in [-0.1, -0.05) is 12.1 Å². The Morgan fingerprint density at radius 3 is 2.79 bits per heavy atom. The average molecular weight is 254 g/mol. The highest BCUT2D eigenvalue weighted by Crippen LogP contribution is 2.22. The number of hydrogen-bond donors (Lipinski definition) is 1. The predicted octanol–water partition coefficient (Wildman–Crippen LogP) is 2.73. The van der Waals surface area contributed by atoms with Crippen LogP contribution in [0, 0.1) is 11.3 Å². The van der Waals surface area contributed by atoms with E-state index in [2.05, 4.69) is 6.07 Å². The Bertz CT molecular complexity index is 618. The second-order valence-electron chi connectivity index (χ2n) is 4.01. The maximum absolute atomic E-state index is 9.02. The van der Waals surface area contributed by atoms with Gasteiger partial charge in [0, 0.05) is 5.69 Å². The third-order valence-corrected chi connectivity index (χ3v) is 2.65. The maximum atomic E-state index is 9.02. The largest absolute Gasteiger partial charge is 0.497 e. The normalized spacial score (nSPS) is 9.68. The fourth-order valence-corrected chi connectivity index (χ4v) is 1.68. The van der Waals surface area contributed by atoms with E-state index in [9.17, 15) is 0 Å². The zero-order valence-corrected chi connectivity index (χ0v) is 10.6. The van der Waals surface area contributed by atoms with Gasteiger partial charge in [-0.05, 0) is 35.9 Å². The minimum absolute atomic E-state index is 0.371. The number of benzene rings is 2. The molecule has 0 radical (unpaired) electrons. The van der Waals surface area contributed by atoms with Crippen LogP contribution in [0.15, 0.2) is 42.5 Å². The summed E-state index contributed by atoms with van der Waals surface area (Å²) >= 11 is 0. The molecule has 0 heterocycles. The lowest BCUT2D eigenvalue weighted by Crippen LogP contribution is -1.98. The Labute approximate surface area is 112 Å². The molecule has 0 saturated heterocycles. The zero-order chi connectivity index (χ0) is 13.7. The Kier molecular flexibility index (Phi) is 3.89. The molecule has 2 rings (SSSR count). The molecule has 0 atom stereocenters. The van der Waals surface area contributed by atoms with Gasteiger partial charge in [0.15, 0.2) is 0 Å². The highest BCUT2D eigenvalue weighted by molar-refractivity contribution is 5.53. The number of anilines is 1. The van der Waals surface area contributed by atoms with Crippen molar-refractivity contribution in [1.29, 1.82) is 5.26 Å². The number of rotatable bonds is 4. The van der Waals surface area contributed by atoms with Gasteiger partial charge in [0.2, 0.25) is 0 Å². The second-order valence-corrected chi connectivity index (χ2v) is 4.01. The van der Waals surface area contributed by atoms with Crippen molar-refractivity contribution in [3.8, 4) is 17.6 Å². The molecular weight excluding hydrogens is 240 g/mol. The molecule has 0 saturated carbocycles. The van der Waals surface area contributed by atoms with E-state index in [1.54, 1.807) is 25.3 Å². The molecule has 0 fully saturated rings. The molecule has 0 aromatic heterocycles. The van der Waals surface area contributed by atoms with Crippen molar-refractivity contribution < 1.29 is 9.47 Å². The summed E-state index contributed by atoms with van der Waals surface area (Å²) in [6, 6.07) is 14.7. The van der Waals surface area contributed by atoms with Gasteiger partial charge >= 0.3 is 0 Å². The summed E-state index contributed by atoms with van der Waals surface area (Å²) in [6.07, 6.45) is 0. The molecule has 2 N–H and O–H groups in total. The summed E-state index contributed by atoms with van der Waals surface area (Å²) in [7, 11) is 1.62. The molecule has 0 aliphatic rings. The van der Waals surface area contributed by atoms with Gasteiger partial charge < -0.3 is 15.2 Å². The van der Waals surface area contributed by atoms with Crippen LogP contribution in [-0.2, 0) is 6.61 Å². The van der Waals surface area contributed by atoms with E-state index in [-0.39, 0.29) is 0 Å². The van der Waals surface area contributed by atoms with Gasteiger partial charge in [-0.3, -0.25) is 0 Å². The second kappa shape index (κ2) is 5.78. The fourth-order valence-electron chi connectivity index (χ4n) is 1.68. The van der Waals surface area contributed by atoms with Crippen molar-refractivity contribution in [3.63, 3.8) is 0 Å². The SMILES string of the molecule is COc1cccc(COc2ccc(N)cc2C#N)c1. The number of nitrogens with zero attached hydrogens (tertiary/aromatic N) is 1. The first-order chi connectivity index (χ1) is 9.22. The quantitative estimate of drug-likeness (QED) is 0.852. The topological polar surface area (TPSA) is 68.3 Å². The van der Waals surface area contributed by atoms with Crippen molar-refractivity contribution in [1.82, 2.24) is 0 Å². The Hall–Kier alpha value is -2.67. The molecule has 0 unspecified atom stereocenters. The molecule has 0 aliphatic carbocycles. The Morgan fingerprint density at radius 1 is 1.21 bits per heavy atom. The fraction of sp³-hybridized carbons (Fsp3) is 0.133. The van der Waals surface area contributed by atoms with E-state index < -0.39 is 0 Å². The van der Waals surface area contributed by atoms with Crippen molar-refractivity contribution in [2.45, 2.75) is 6.61 Å². The number of hydrogen-bond acceptors (Lipinski definition) is 4. The first kappa shape index (κ1) is 12.8. The number of nitrogens with two attached hydrogens (primary N) is 1. The smallest absolute Gasteiger partial charge is 0.137 e. The monoisotopic (exact) mass is 254 g/mol. The first-order valence-electron chi connectivity index (χ1n) is 5.78. The van der Waals surface area contributed by atoms with E-state index >= 15 is 0 Å². The van der Waals surface area contributed by atoms with Gasteiger partial charge in [-0.15, -0.1) is 0 Å². The van der Waals surface area contributed by atoms with Gasteiger partial charge in [0.1, 0.15) is 24.2 Å². The van der Waals surface area contributed by atoms with Crippen molar-refractivity contribution in [2.24, 2.45) is 0 Å². The van der Waals surface area contributed by atoms with Crippen LogP contribution in [-0.4, -0.2) is 7.11 Å². The lowest BCUT2D eigenvalue weighted by Gasteiger charge is -2.09. The van der Waals surface area contributed by atoms with Crippen LogP contribution < -0.4 is 15.2 Å². The molecule has 4 nitrogen and oxygen atoms in total. The highest BCUT2D eigenvalue weighted by Gasteiger charge is 2.04. The van der Waals surface area contributed by atoms with E-state index in [0.29, 0.717) is 23.6 Å². The first-order valence-corrected chi connectivity index (χ1v) is 5.78. The molecule has 96 valence electrons. The lowest BCUT2D eigenvalue weighted by atomic mass is 10.2. The van der Waals surface area contributed by atoms with Crippen molar-refractivity contribution in [3.05, 3.63) is 53.6 Å². The zero-order valence-electron chi connectivity index (χ0n) is 10.6. The van der Waals surface area contributed by atoms with Crippen LogP contribution in [0.25, 0.3) is 0 Å². The Balaban J connectivity index is 2.12. The molecule has 0 bridgehead atoms. The van der Waals surface area contributed by atoms with Crippen LogP contribution >= 0.6 is 0 Å². The molecule has 0 aliphatic heterocycles. The summed E-state index contributed by atoms with van der Waals surface area (Å²) in [6.45, 7) is 0.371. The Morgan fingerprint density at radius 2 is 2.05 bits per heavy atom. The van der Waals surface area contributed by atoms with Crippen LogP contribution in [0.5, 0.6) is 11.5 Å². The average Bonchev–Trinajstić information content (AvgIpc) is 2.46. The van der Waals surface area contributed by atoms with Gasteiger partial charge in [-0.25, -0.2) is 0 Å². The molecule has 19 heavy (non-hydrogen) atoms. The minimum Gasteiger partial charge on any atom is -0.497 e. The van der Waals surface area contributed by atoms with E-state index in [1.165, 1.54) is 0 Å². The third kappa shape index (κ3) is 3.17. The van der Waals surface area contributed by atoms with Gasteiger partial charge in [-0.2, -0.15) is 5.26 Å². The number of nitriles is 1. The molecule has 2 aromatic carbocycles. The third-order valence-electron chi connectivity index (χ3n) is 2.65. The highest BCUT2D eigenvalue weighted by atomic mass is 16.5. The van der Waals surface area contributed by atoms with E-state index in [0.717, 1.165) is 11.3 Å². The summed E-state index contributed by atoms with van der Waals surface area (Å²) in [5.74, 6) is 1.30. The summed E-state index contributed by atoms with van der Waals surface area (Å²) in [5, 5.41) is 9.02. The van der Waals surface area contributed by atoms with Gasteiger partial charge in [0.05, 0.1) is 12.7 Å². The molecular formula is C15H14N2O2. The standard InChI is InChI=1S/C15H14N2O2/c1-18-14-4-2-3-11(7-14)10-19-15-6-5-13(17)8-12(15)9-16/h2-8H,10,17H2,1H3. The molecule has 0 spiro atoms. The number of ether oxygens (including phenoxy) is 2. The van der Waals surface area contributed by atoms with Crippen LogP contribution in [0.3, 0.4) is 0 Å². The maximum Gasteiger partial charge on any atom is 0.137 e. The van der Waals surface area contributed by atoms with E-state index in [1.807, 2.05) is 24.3 Å². The number of nitrogen functional groups attached to an aromatic ring is 1. The number of methoxy groups -OCH3 is 1. The summed E-state index contributed by atoms with van der Waals surface area (Å²) < 4.78 is 10.8. The summed E-state index contributed by atoms with van der Waals surface area (Å²) in [4.78, 5) is 0. The van der Waals surface area contributed by atoms with Crippen LogP contribution in [0.2, 0.25) is 0 Å². The summed E-state index contributed by atoms with van der Waals surface area (Å²) in [5.41, 5.74) is 7.58. The van der Waals surface area contributed by atoms with Crippen molar-refractivity contribution >= 4 is 5.69 Å². The lowest BCUT2D eigenvalue weighted by molar-refractivity contribution is 0.304. The molecule has 2 aromatic rings. The van der Waals surface area contributed by atoms with Gasteiger partial charge in [0.25, 0.3) is 0 Å². The molecule has 0 amide bonds. The van der Waals surface area contributed by atoms with Crippen molar-refractivity contribution in [2.75, 3.05) is 12.8 Å². The predicted molar refractivity (Wildman–Crippen MR) is 72.9 cm³/mol. The van der Waals surface area contributed by atoms with Crippen LogP contribution in [0.4, 0.5) is 5.69 Å².